The molecular weight excluding hydrogens is 278 g/mol. The molecule has 17 heavy (non-hydrogen) atoms. The molecular formula is C14H16BrNO. The number of hydrogen-bond acceptors (Lipinski definition) is 2. The summed E-state index contributed by atoms with van der Waals surface area (Å²) >= 11 is 3.31. The molecule has 0 fully saturated rings. The van der Waals surface area contributed by atoms with Crippen LogP contribution in [0.4, 0.5) is 5.69 Å². The molecule has 3 heteroatoms. The highest BCUT2D eigenvalue weighted by atomic mass is 79.9. The number of hydrogen-bond donors (Lipinski definition) is 1. The summed E-state index contributed by atoms with van der Waals surface area (Å²) in [5.74, 6) is 0.927. The van der Waals surface area contributed by atoms with Crippen molar-refractivity contribution in [1.82, 2.24) is 0 Å². The fourth-order valence-electron chi connectivity index (χ4n) is 1.94. The summed E-state index contributed by atoms with van der Waals surface area (Å²) < 4.78 is 6.30. The van der Waals surface area contributed by atoms with Crippen molar-refractivity contribution < 1.29 is 4.42 Å². The van der Waals surface area contributed by atoms with Crippen LogP contribution in [0.15, 0.2) is 39.4 Å². The Bertz CT molecular complexity index is 498. The van der Waals surface area contributed by atoms with E-state index in [0.29, 0.717) is 0 Å². The lowest BCUT2D eigenvalue weighted by Crippen LogP contribution is -2.05. The Morgan fingerprint density at radius 1 is 1.12 bits per heavy atom. The fourth-order valence-corrected chi connectivity index (χ4v) is 2.26. The molecule has 2 aromatic rings. The van der Waals surface area contributed by atoms with Gasteiger partial charge in [-0.05, 0) is 72.1 Å². The Morgan fingerprint density at radius 3 is 2.29 bits per heavy atom. The number of furan rings is 1. The molecule has 1 N–H and O–H groups in total. The largest absolute Gasteiger partial charge is 0.452 e. The Hall–Kier alpha value is -1.22. The topological polar surface area (TPSA) is 25.2 Å². The zero-order valence-corrected chi connectivity index (χ0v) is 11.8. The van der Waals surface area contributed by atoms with E-state index in [1.165, 1.54) is 11.1 Å². The first-order valence-corrected chi connectivity index (χ1v) is 6.44. The number of halogens is 1. The highest BCUT2D eigenvalue weighted by molar-refractivity contribution is 9.10. The molecule has 1 unspecified atom stereocenters. The second-order valence-electron chi connectivity index (χ2n) is 4.38. The van der Waals surface area contributed by atoms with E-state index in [1.807, 2.05) is 12.1 Å². The molecule has 2 rings (SSSR count). The number of aryl methyl sites for hydroxylation is 2. The van der Waals surface area contributed by atoms with E-state index < -0.39 is 0 Å². The normalized spacial score (nSPS) is 12.5. The maximum absolute atomic E-state index is 5.53. The predicted octanol–water partition coefficient (Wildman–Crippen LogP) is 4.83. The highest BCUT2D eigenvalue weighted by Crippen LogP contribution is 2.24. The molecule has 2 nitrogen and oxygen atoms in total. The lowest BCUT2D eigenvalue weighted by atomic mass is 10.1. The van der Waals surface area contributed by atoms with Crippen molar-refractivity contribution >= 4 is 21.6 Å². The minimum atomic E-state index is 0.155. The Morgan fingerprint density at radius 2 is 1.76 bits per heavy atom. The van der Waals surface area contributed by atoms with Crippen LogP contribution in [-0.2, 0) is 0 Å². The lowest BCUT2D eigenvalue weighted by molar-refractivity contribution is 0.471. The van der Waals surface area contributed by atoms with Crippen LogP contribution in [0.2, 0.25) is 0 Å². The molecule has 0 bridgehead atoms. The predicted molar refractivity (Wildman–Crippen MR) is 74.4 cm³/mol. The van der Waals surface area contributed by atoms with E-state index in [9.17, 15) is 0 Å². The van der Waals surface area contributed by atoms with Crippen molar-refractivity contribution in [2.24, 2.45) is 0 Å². The molecule has 0 amide bonds. The van der Waals surface area contributed by atoms with Gasteiger partial charge in [-0.25, -0.2) is 0 Å². The Kier molecular flexibility index (Phi) is 3.57. The first-order chi connectivity index (χ1) is 8.04. The molecule has 1 heterocycles. The third-order valence-corrected chi connectivity index (χ3v) is 3.05. The van der Waals surface area contributed by atoms with Gasteiger partial charge in [0.25, 0.3) is 0 Å². The zero-order valence-electron chi connectivity index (χ0n) is 10.3. The van der Waals surface area contributed by atoms with Gasteiger partial charge in [0.1, 0.15) is 5.76 Å². The van der Waals surface area contributed by atoms with Crippen LogP contribution >= 0.6 is 15.9 Å². The molecule has 0 radical (unpaired) electrons. The Labute approximate surface area is 110 Å². The molecule has 1 aromatic heterocycles. The summed E-state index contributed by atoms with van der Waals surface area (Å²) in [6.45, 7) is 6.29. The summed E-state index contributed by atoms with van der Waals surface area (Å²) in [5.41, 5.74) is 3.66. The molecule has 0 aliphatic rings. The van der Waals surface area contributed by atoms with Crippen molar-refractivity contribution in [1.29, 1.82) is 0 Å². The summed E-state index contributed by atoms with van der Waals surface area (Å²) in [6, 6.07) is 10.5. The van der Waals surface area contributed by atoms with Gasteiger partial charge in [-0.1, -0.05) is 6.07 Å². The molecule has 0 saturated carbocycles. The van der Waals surface area contributed by atoms with Crippen LogP contribution in [0.3, 0.4) is 0 Å². The molecule has 0 spiro atoms. The van der Waals surface area contributed by atoms with Crippen molar-refractivity contribution in [3.63, 3.8) is 0 Å². The molecule has 0 aliphatic carbocycles. The molecule has 0 saturated heterocycles. The summed E-state index contributed by atoms with van der Waals surface area (Å²) in [4.78, 5) is 0. The second kappa shape index (κ2) is 4.96. The van der Waals surface area contributed by atoms with Gasteiger partial charge in [-0.3, -0.25) is 0 Å². The number of nitrogens with one attached hydrogen (secondary N) is 1. The van der Waals surface area contributed by atoms with Crippen molar-refractivity contribution in [3.05, 3.63) is 51.9 Å². The van der Waals surface area contributed by atoms with Crippen LogP contribution in [0.25, 0.3) is 0 Å². The molecule has 1 atom stereocenters. The molecule has 0 aliphatic heterocycles. The van der Waals surface area contributed by atoms with Gasteiger partial charge in [0.15, 0.2) is 4.67 Å². The minimum absolute atomic E-state index is 0.155. The summed E-state index contributed by atoms with van der Waals surface area (Å²) in [7, 11) is 0. The van der Waals surface area contributed by atoms with Crippen molar-refractivity contribution in [2.45, 2.75) is 26.8 Å². The number of anilines is 1. The third kappa shape index (κ3) is 3.13. The zero-order chi connectivity index (χ0) is 12.4. The van der Waals surface area contributed by atoms with Crippen molar-refractivity contribution in [2.75, 3.05) is 5.32 Å². The van der Waals surface area contributed by atoms with E-state index >= 15 is 0 Å². The SMILES string of the molecule is Cc1cc(C)cc(NC(C)c2ccc(Br)o2)c1. The van der Waals surface area contributed by atoms with Gasteiger partial charge >= 0.3 is 0 Å². The van der Waals surface area contributed by atoms with Crippen molar-refractivity contribution in [3.8, 4) is 0 Å². The van der Waals surface area contributed by atoms with E-state index in [0.717, 1.165) is 16.1 Å². The van der Waals surface area contributed by atoms with Gasteiger partial charge in [-0.2, -0.15) is 0 Å². The van der Waals surface area contributed by atoms with E-state index in [2.05, 4.69) is 60.2 Å². The highest BCUT2D eigenvalue weighted by Gasteiger charge is 2.09. The first-order valence-electron chi connectivity index (χ1n) is 5.64. The monoisotopic (exact) mass is 293 g/mol. The first kappa shape index (κ1) is 12.2. The van der Waals surface area contributed by atoms with E-state index in [4.69, 9.17) is 4.42 Å². The molecule has 90 valence electrons. The van der Waals surface area contributed by atoms with Crippen LogP contribution < -0.4 is 5.32 Å². The fraction of sp³-hybridized carbons (Fsp3) is 0.286. The van der Waals surface area contributed by atoms with Gasteiger partial charge in [0.05, 0.1) is 6.04 Å². The molecule has 1 aromatic carbocycles. The number of rotatable bonds is 3. The average molecular weight is 294 g/mol. The number of benzene rings is 1. The van der Waals surface area contributed by atoms with Gasteiger partial charge in [-0.15, -0.1) is 0 Å². The van der Waals surface area contributed by atoms with Crippen LogP contribution in [-0.4, -0.2) is 0 Å². The average Bonchev–Trinajstić information content (AvgIpc) is 2.63. The minimum Gasteiger partial charge on any atom is -0.452 e. The van der Waals surface area contributed by atoms with E-state index in [-0.39, 0.29) is 6.04 Å². The van der Waals surface area contributed by atoms with Gasteiger partial charge < -0.3 is 9.73 Å². The van der Waals surface area contributed by atoms with Gasteiger partial charge in [0, 0.05) is 5.69 Å². The van der Waals surface area contributed by atoms with E-state index in [1.54, 1.807) is 0 Å². The van der Waals surface area contributed by atoms with Gasteiger partial charge in [0.2, 0.25) is 0 Å². The second-order valence-corrected chi connectivity index (χ2v) is 5.17. The maximum atomic E-state index is 5.53. The Balaban J connectivity index is 2.15. The van der Waals surface area contributed by atoms with Crippen LogP contribution in [0, 0.1) is 13.8 Å². The standard InChI is InChI=1S/C14H16BrNO/c1-9-6-10(2)8-12(7-9)16-11(3)13-4-5-14(15)17-13/h4-8,11,16H,1-3H3. The summed E-state index contributed by atoms with van der Waals surface area (Å²) in [6.07, 6.45) is 0. The lowest BCUT2D eigenvalue weighted by Gasteiger charge is -2.14. The van der Waals surface area contributed by atoms with Crippen LogP contribution in [0.5, 0.6) is 0 Å². The summed E-state index contributed by atoms with van der Waals surface area (Å²) in [5, 5.41) is 3.44. The maximum Gasteiger partial charge on any atom is 0.169 e. The van der Waals surface area contributed by atoms with Crippen LogP contribution in [0.1, 0.15) is 29.9 Å². The quantitative estimate of drug-likeness (QED) is 0.877. The smallest absolute Gasteiger partial charge is 0.169 e. The third-order valence-electron chi connectivity index (χ3n) is 2.63.